The number of carbonyl (C=O) groups is 2. The van der Waals surface area contributed by atoms with Crippen molar-refractivity contribution in [2.24, 2.45) is 0 Å². The molecule has 3 rings (SSSR count). The van der Waals surface area contributed by atoms with Crippen molar-refractivity contribution in [3.05, 3.63) is 64.7 Å². The third kappa shape index (κ3) is 4.69. The van der Waals surface area contributed by atoms with Crippen LogP contribution in [0.3, 0.4) is 0 Å². The molecule has 0 aliphatic heterocycles. The highest BCUT2D eigenvalue weighted by Gasteiger charge is 2.41. The van der Waals surface area contributed by atoms with Crippen molar-refractivity contribution < 1.29 is 9.59 Å². The molecule has 1 saturated carbocycles. The average molecular weight is 385 g/mol. The minimum absolute atomic E-state index is 0.0504. The Hall–Kier alpha value is -2.33. The molecule has 0 unspecified atom stereocenters. The number of anilines is 1. The van der Waals surface area contributed by atoms with E-state index < -0.39 is 5.41 Å². The number of carbonyl (C=O) groups excluding carboxylic acids is 2. The van der Waals surface area contributed by atoms with E-state index in [-0.39, 0.29) is 11.8 Å². The Balaban J connectivity index is 1.77. The van der Waals surface area contributed by atoms with E-state index >= 15 is 0 Å². The molecular weight excluding hydrogens is 360 g/mol. The fourth-order valence-electron chi connectivity index (χ4n) is 3.90. The third-order valence-electron chi connectivity index (χ3n) is 5.22. The first-order valence-electron chi connectivity index (χ1n) is 9.40. The van der Waals surface area contributed by atoms with Crippen LogP contribution in [0.25, 0.3) is 0 Å². The molecule has 1 aliphatic rings. The minimum Gasteiger partial charge on any atom is -0.351 e. The van der Waals surface area contributed by atoms with Crippen molar-refractivity contribution in [1.82, 2.24) is 5.32 Å². The molecule has 2 aromatic rings. The Kier molecular flexibility index (Phi) is 6.17. The largest absolute Gasteiger partial charge is 0.351 e. The van der Waals surface area contributed by atoms with E-state index in [9.17, 15) is 9.59 Å². The number of nitrogens with one attached hydrogen (secondary N) is 2. The van der Waals surface area contributed by atoms with Crippen molar-refractivity contribution in [2.75, 3.05) is 5.32 Å². The second-order valence-corrected chi connectivity index (χ2v) is 7.65. The first-order valence-corrected chi connectivity index (χ1v) is 9.78. The van der Waals surface area contributed by atoms with Crippen LogP contribution in [0.4, 0.5) is 5.69 Å². The van der Waals surface area contributed by atoms with Gasteiger partial charge >= 0.3 is 0 Å². The first-order chi connectivity index (χ1) is 13.0. The van der Waals surface area contributed by atoms with E-state index in [0.717, 1.165) is 48.9 Å². The zero-order valence-corrected chi connectivity index (χ0v) is 16.3. The normalized spacial score (nSPS) is 15.8. The summed E-state index contributed by atoms with van der Waals surface area (Å²) in [4.78, 5) is 24.5. The first kappa shape index (κ1) is 19.4. The molecule has 142 valence electrons. The van der Waals surface area contributed by atoms with Gasteiger partial charge in [-0.2, -0.15) is 0 Å². The van der Waals surface area contributed by atoms with Crippen LogP contribution < -0.4 is 10.6 Å². The zero-order chi connectivity index (χ0) is 19.3. The Morgan fingerprint density at radius 1 is 1.04 bits per heavy atom. The lowest BCUT2D eigenvalue weighted by Gasteiger charge is -2.36. The molecule has 0 radical (unpaired) electrons. The van der Waals surface area contributed by atoms with Crippen LogP contribution in [0.1, 0.15) is 50.2 Å². The van der Waals surface area contributed by atoms with Gasteiger partial charge in [0.05, 0.1) is 5.41 Å². The predicted octanol–water partition coefficient (Wildman–Crippen LogP) is 4.82. The van der Waals surface area contributed by atoms with Gasteiger partial charge in [0, 0.05) is 24.2 Å². The Morgan fingerprint density at radius 2 is 1.78 bits per heavy atom. The maximum absolute atomic E-state index is 13.2. The van der Waals surface area contributed by atoms with Crippen molar-refractivity contribution in [3.63, 3.8) is 0 Å². The second kappa shape index (κ2) is 8.57. The molecule has 4 nitrogen and oxygen atoms in total. The van der Waals surface area contributed by atoms with Gasteiger partial charge in [0.1, 0.15) is 0 Å². The molecule has 2 N–H and O–H groups in total. The van der Waals surface area contributed by atoms with Crippen LogP contribution in [0.15, 0.2) is 48.5 Å². The number of amides is 2. The highest BCUT2D eigenvalue weighted by atomic mass is 35.5. The molecule has 5 heteroatoms. The van der Waals surface area contributed by atoms with Gasteiger partial charge in [0.15, 0.2) is 0 Å². The fourth-order valence-corrected chi connectivity index (χ4v) is 4.09. The van der Waals surface area contributed by atoms with Gasteiger partial charge in [-0.3, -0.25) is 9.59 Å². The van der Waals surface area contributed by atoms with Crippen LogP contribution in [-0.2, 0) is 21.5 Å². The molecule has 2 aromatic carbocycles. The summed E-state index contributed by atoms with van der Waals surface area (Å²) in [6.07, 6.45) is 4.92. The van der Waals surface area contributed by atoms with E-state index in [2.05, 4.69) is 10.6 Å². The number of rotatable bonds is 5. The molecular formula is C22H25ClN2O2. The summed E-state index contributed by atoms with van der Waals surface area (Å²) < 4.78 is 0. The van der Waals surface area contributed by atoms with Crippen LogP contribution >= 0.6 is 11.6 Å². The summed E-state index contributed by atoms with van der Waals surface area (Å²) in [5.41, 5.74) is 2.17. The Morgan fingerprint density at radius 3 is 2.48 bits per heavy atom. The van der Waals surface area contributed by atoms with E-state index in [1.54, 1.807) is 0 Å². The Bertz CT molecular complexity index is 829. The highest BCUT2D eigenvalue weighted by Crippen LogP contribution is 2.40. The molecule has 0 aromatic heterocycles. The van der Waals surface area contributed by atoms with Crippen LogP contribution in [0.5, 0.6) is 0 Å². The molecule has 1 fully saturated rings. The fraction of sp³-hybridized carbons (Fsp3) is 0.364. The topological polar surface area (TPSA) is 58.2 Å². The van der Waals surface area contributed by atoms with Gasteiger partial charge in [0.2, 0.25) is 11.8 Å². The monoisotopic (exact) mass is 384 g/mol. The quantitative estimate of drug-likeness (QED) is 0.776. The van der Waals surface area contributed by atoms with Gasteiger partial charge in [-0.1, -0.05) is 55.1 Å². The summed E-state index contributed by atoms with van der Waals surface area (Å²) in [5, 5.41) is 6.54. The van der Waals surface area contributed by atoms with E-state index in [4.69, 9.17) is 11.6 Å². The minimum atomic E-state index is -0.515. The molecule has 1 aliphatic carbocycles. The number of benzene rings is 2. The smallest absolute Gasteiger partial charge is 0.230 e. The van der Waals surface area contributed by atoms with Crippen LogP contribution in [0.2, 0.25) is 5.02 Å². The summed E-state index contributed by atoms with van der Waals surface area (Å²) in [6, 6.07) is 15.2. The van der Waals surface area contributed by atoms with Crippen molar-refractivity contribution in [3.8, 4) is 0 Å². The van der Waals surface area contributed by atoms with Gasteiger partial charge in [0.25, 0.3) is 0 Å². The summed E-state index contributed by atoms with van der Waals surface area (Å²) in [6.45, 7) is 1.90. The van der Waals surface area contributed by atoms with E-state index in [0.29, 0.717) is 11.6 Å². The van der Waals surface area contributed by atoms with Crippen LogP contribution in [-0.4, -0.2) is 11.8 Å². The maximum atomic E-state index is 13.2. The Labute approximate surface area is 165 Å². The van der Waals surface area contributed by atoms with Crippen molar-refractivity contribution >= 4 is 29.1 Å². The lowest BCUT2D eigenvalue weighted by molar-refractivity contribution is -0.128. The van der Waals surface area contributed by atoms with Gasteiger partial charge in [-0.15, -0.1) is 0 Å². The highest BCUT2D eigenvalue weighted by molar-refractivity contribution is 6.30. The predicted molar refractivity (Wildman–Crippen MR) is 109 cm³/mol. The molecule has 0 heterocycles. The molecule has 0 saturated heterocycles. The van der Waals surface area contributed by atoms with Gasteiger partial charge in [-0.05, 0) is 48.2 Å². The number of halogens is 1. The molecule has 0 atom stereocenters. The lowest BCUT2D eigenvalue weighted by atomic mass is 9.68. The standard InChI is InChI=1S/C22H25ClN2O2/c1-16(26)25-20-10-5-7-17(13-20)15-24-21(27)22(11-3-2-4-12-22)18-8-6-9-19(23)14-18/h5-10,13-14H,2-4,11-12,15H2,1H3,(H,24,27)(H,25,26). The van der Waals surface area contributed by atoms with Crippen LogP contribution in [0, 0.1) is 0 Å². The SMILES string of the molecule is CC(=O)Nc1cccc(CNC(=O)C2(c3cccc(Cl)c3)CCCCC2)c1. The molecule has 0 bridgehead atoms. The van der Waals surface area contributed by atoms with Crippen molar-refractivity contribution in [2.45, 2.75) is 51.0 Å². The zero-order valence-electron chi connectivity index (χ0n) is 15.6. The maximum Gasteiger partial charge on any atom is 0.230 e. The average Bonchev–Trinajstić information content (AvgIpc) is 2.66. The van der Waals surface area contributed by atoms with E-state index in [1.807, 2.05) is 48.5 Å². The van der Waals surface area contributed by atoms with E-state index in [1.165, 1.54) is 6.92 Å². The second-order valence-electron chi connectivity index (χ2n) is 7.22. The number of hydrogen-bond acceptors (Lipinski definition) is 2. The lowest BCUT2D eigenvalue weighted by Crippen LogP contribution is -2.45. The molecule has 27 heavy (non-hydrogen) atoms. The summed E-state index contributed by atoms with van der Waals surface area (Å²) >= 11 is 6.20. The summed E-state index contributed by atoms with van der Waals surface area (Å²) in [5.74, 6) is -0.0623. The summed E-state index contributed by atoms with van der Waals surface area (Å²) in [7, 11) is 0. The van der Waals surface area contributed by atoms with Gasteiger partial charge in [-0.25, -0.2) is 0 Å². The van der Waals surface area contributed by atoms with Gasteiger partial charge < -0.3 is 10.6 Å². The van der Waals surface area contributed by atoms with Crippen molar-refractivity contribution in [1.29, 1.82) is 0 Å². The molecule has 0 spiro atoms. The molecule has 2 amide bonds. The number of hydrogen-bond donors (Lipinski definition) is 2. The third-order valence-corrected chi connectivity index (χ3v) is 5.45.